The van der Waals surface area contributed by atoms with Gasteiger partial charge in [0.25, 0.3) is 0 Å². The van der Waals surface area contributed by atoms with Crippen molar-refractivity contribution in [3.05, 3.63) is 0 Å². The predicted molar refractivity (Wildman–Crippen MR) is 58.5 cm³/mol. The van der Waals surface area contributed by atoms with Gasteiger partial charge < -0.3 is 10.1 Å². The van der Waals surface area contributed by atoms with Crippen LogP contribution < -0.4 is 5.32 Å². The lowest BCUT2D eigenvalue weighted by Gasteiger charge is -2.24. The van der Waals surface area contributed by atoms with Gasteiger partial charge in [0.05, 0.1) is 6.10 Å². The van der Waals surface area contributed by atoms with E-state index in [0.717, 1.165) is 25.4 Å². The molecule has 0 aliphatic heterocycles. The van der Waals surface area contributed by atoms with Crippen molar-refractivity contribution in [2.24, 2.45) is 5.41 Å². The van der Waals surface area contributed by atoms with Crippen LogP contribution in [0.1, 0.15) is 27.2 Å². The Morgan fingerprint density at radius 3 is 2.54 bits per heavy atom. The summed E-state index contributed by atoms with van der Waals surface area (Å²) >= 11 is 5.70. The largest absolute Gasteiger partial charge is 0.380 e. The molecular formula is C10H22ClNO. The summed E-state index contributed by atoms with van der Waals surface area (Å²) in [7, 11) is 1.73. The third-order valence-electron chi connectivity index (χ3n) is 2.21. The van der Waals surface area contributed by atoms with Gasteiger partial charge in [0.1, 0.15) is 0 Å². The van der Waals surface area contributed by atoms with E-state index in [1.807, 2.05) is 0 Å². The van der Waals surface area contributed by atoms with Gasteiger partial charge in [0.15, 0.2) is 0 Å². The summed E-state index contributed by atoms with van der Waals surface area (Å²) in [4.78, 5) is 0. The van der Waals surface area contributed by atoms with Crippen molar-refractivity contribution in [3.63, 3.8) is 0 Å². The van der Waals surface area contributed by atoms with Crippen LogP contribution in [0.5, 0.6) is 0 Å². The highest BCUT2D eigenvalue weighted by molar-refractivity contribution is 6.17. The number of ether oxygens (including phenoxy) is 1. The van der Waals surface area contributed by atoms with Gasteiger partial charge in [0, 0.05) is 26.1 Å². The van der Waals surface area contributed by atoms with Gasteiger partial charge in [-0.2, -0.15) is 0 Å². The average Bonchev–Trinajstić information content (AvgIpc) is 2.03. The number of nitrogens with one attached hydrogen (secondary N) is 1. The first-order chi connectivity index (χ1) is 6.02. The monoisotopic (exact) mass is 207 g/mol. The van der Waals surface area contributed by atoms with Crippen LogP contribution in [0.4, 0.5) is 0 Å². The molecule has 0 amide bonds. The Balaban J connectivity index is 3.50. The maximum atomic E-state index is 5.70. The minimum Gasteiger partial charge on any atom is -0.380 e. The van der Waals surface area contributed by atoms with Crippen molar-refractivity contribution in [2.45, 2.75) is 33.3 Å². The summed E-state index contributed by atoms with van der Waals surface area (Å²) in [5.74, 6) is 0.731. The smallest absolute Gasteiger partial charge is 0.0667 e. The Morgan fingerprint density at radius 1 is 1.46 bits per heavy atom. The Hall–Kier alpha value is 0.210. The van der Waals surface area contributed by atoms with E-state index in [0.29, 0.717) is 0 Å². The predicted octanol–water partition coefficient (Wildman–Crippen LogP) is 2.27. The number of halogens is 1. The molecule has 1 unspecified atom stereocenters. The number of alkyl halides is 1. The van der Waals surface area contributed by atoms with E-state index in [-0.39, 0.29) is 11.5 Å². The van der Waals surface area contributed by atoms with Crippen molar-refractivity contribution < 1.29 is 4.74 Å². The molecule has 0 fully saturated rings. The van der Waals surface area contributed by atoms with E-state index in [2.05, 4.69) is 26.1 Å². The molecule has 3 heteroatoms. The first-order valence-electron chi connectivity index (χ1n) is 4.81. The third kappa shape index (κ3) is 7.29. The minimum absolute atomic E-state index is 0.284. The Morgan fingerprint density at radius 2 is 2.08 bits per heavy atom. The first-order valence-corrected chi connectivity index (χ1v) is 5.35. The Labute approximate surface area is 87.0 Å². The van der Waals surface area contributed by atoms with Crippen LogP contribution in [0.15, 0.2) is 0 Å². The molecule has 0 heterocycles. The number of rotatable bonds is 7. The van der Waals surface area contributed by atoms with Crippen LogP contribution in [0.25, 0.3) is 0 Å². The van der Waals surface area contributed by atoms with Crippen LogP contribution in [0, 0.1) is 5.41 Å². The molecule has 1 atom stereocenters. The fourth-order valence-corrected chi connectivity index (χ4v) is 1.55. The Bertz CT molecular complexity index is 128. The van der Waals surface area contributed by atoms with Crippen LogP contribution in [0.3, 0.4) is 0 Å². The molecule has 0 aromatic carbocycles. The zero-order chi connectivity index (χ0) is 10.3. The van der Waals surface area contributed by atoms with Crippen LogP contribution in [-0.2, 0) is 4.74 Å². The van der Waals surface area contributed by atoms with Crippen LogP contribution >= 0.6 is 11.6 Å². The van der Waals surface area contributed by atoms with Gasteiger partial charge in [-0.3, -0.25) is 0 Å². The Kier molecular flexibility index (Phi) is 6.74. The highest BCUT2D eigenvalue weighted by Crippen LogP contribution is 2.19. The fraction of sp³-hybridized carbons (Fsp3) is 1.00. The zero-order valence-corrected chi connectivity index (χ0v) is 9.95. The minimum atomic E-state index is 0.284. The van der Waals surface area contributed by atoms with Gasteiger partial charge in [-0.15, -0.1) is 11.6 Å². The van der Waals surface area contributed by atoms with Gasteiger partial charge in [0.2, 0.25) is 0 Å². The molecule has 0 saturated carbocycles. The molecule has 0 bridgehead atoms. The molecule has 0 aromatic heterocycles. The molecule has 0 aliphatic carbocycles. The normalized spacial score (nSPS) is 14.5. The number of hydrogen-bond acceptors (Lipinski definition) is 2. The molecular weight excluding hydrogens is 186 g/mol. The molecule has 2 nitrogen and oxygen atoms in total. The third-order valence-corrected chi connectivity index (χ3v) is 2.40. The molecule has 0 saturated heterocycles. The standard InChI is InChI=1S/C10H22ClNO/c1-9(13-4)7-12-8-10(2,3)5-6-11/h9,12H,5-8H2,1-4H3. The summed E-state index contributed by atoms with van der Waals surface area (Å²) in [5.41, 5.74) is 0.287. The SMILES string of the molecule is COC(C)CNCC(C)(C)CCCl. The van der Waals surface area contributed by atoms with E-state index in [9.17, 15) is 0 Å². The maximum Gasteiger partial charge on any atom is 0.0667 e. The topological polar surface area (TPSA) is 21.3 Å². The maximum absolute atomic E-state index is 5.70. The van der Waals surface area contributed by atoms with E-state index in [1.54, 1.807) is 7.11 Å². The van der Waals surface area contributed by atoms with E-state index in [1.165, 1.54) is 0 Å². The second kappa shape index (κ2) is 6.63. The van der Waals surface area contributed by atoms with Crippen molar-refractivity contribution in [3.8, 4) is 0 Å². The van der Waals surface area contributed by atoms with E-state index in [4.69, 9.17) is 16.3 Å². The molecule has 0 radical (unpaired) electrons. The summed E-state index contributed by atoms with van der Waals surface area (Å²) < 4.78 is 5.14. The van der Waals surface area contributed by atoms with Crippen molar-refractivity contribution in [2.75, 3.05) is 26.1 Å². The van der Waals surface area contributed by atoms with Gasteiger partial charge in [-0.05, 0) is 18.8 Å². The lowest BCUT2D eigenvalue weighted by molar-refractivity contribution is 0.114. The van der Waals surface area contributed by atoms with Crippen molar-refractivity contribution >= 4 is 11.6 Å². The van der Waals surface area contributed by atoms with Crippen LogP contribution in [0.2, 0.25) is 0 Å². The summed E-state index contributed by atoms with van der Waals surface area (Å²) in [6.45, 7) is 8.40. The van der Waals surface area contributed by atoms with E-state index < -0.39 is 0 Å². The second-order valence-electron chi connectivity index (χ2n) is 4.28. The van der Waals surface area contributed by atoms with Gasteiger partial charge in [-0.1, -0.05) is 13.8 Å². The molecule has 0 spiro atoms. The molecule has 1 N–H and O–H groups in total. The molecule has 0 rings (SSSR count). The summed E-state index contributed by atoms with van der Waals surface area (Å²) in [6, 6.07) is 0. The molecule has 0 aromatic rings. The van der Waals surface area contributed by atoms with Gasteiger partial charge >= 0.3 is 0 Å². The lowest BCUT2D eigenvalue weighted by Crippen LogP contribution is -2.34. The number of hydrogen-bond donors (Lipinski definition) is 1. The lowest BCUT2D eigenvalue weighted by atomic mass is 9.90. The fourth-order valence-electron chi connectivity index (χ4n) is 1.04. The highest BCUT2D eigenvalue weighted by atomic mass is 35.5. The zero-order valence-electron chi connectivity index (χ0n) is 9.19. The van der Waals surface area contributed by atoms with Crippen LogP contribution in [-0.4, -0.2) is 32.2 Å². The summed E-state index contributed by atoms with van der Waals surface area (Å²) in [6.07, 6.45) is 1.33. The molecule has 13 heavy (non-hydrogen) atoms. The molecule has 80 valence electrons. The average molecular weight is 208 g/mol. The number of methoxy groups -OCH3 is 1. The molecule has 0 aliphatic rings. The quantitative estimate of drug-likeness (QED) is 0.647. The highest BCUT2D eigenvalue weighted by Gasteiger charge is 2.16. The second-order valence-corrected chi connectivity index (χ2v) is 4.66. The van der Waals surface area contributed by atoms with Crippen molar-refractivity contribution in [1.29, 1.82) is 0 Å². The van der Waals surface area contributed by atoms with Crippen molar-refractivity contribution in [1.82, 2.24) is 5.32 Å². The first kappa shape index (κ1) is 13.2. The van der Waals surface area contributed by atoms with E-state index >= 15 is 0 Å². The summed E-state index contributed by atoms with van der Waals surface area (Å²) in [5, 5.41) is 3.38. The van der Waals surface area contributed by atoms with Gasteiger partial charge in [-0.25, -0.2) is 0 Å².